The van der Waals surface area contributed by atoms with E-state index in [2.05, 4.69) is 0 Å². The molecule has 3 aliphatic rings. The zero-order chi connectivity index (χ0) is 15.9. The molecule has 1 N–H and O–H groups in total. The Bertz CT molecular complexity index is 417. The van der Waals surface area contributed by atoms with Crippen molar-refractivity contribution >= 4 is 6.09 Å². The summed E-state index contributed by atoms with van der Waals surface area (Å²) in [4.78, 5) is 14.1. The van der Waals surface area contributed by atoms with Gasteiger partial charge in [0.15, 0.2) is 0 Å². The van der Waals surface area contributed by atoms with Crippen LogP contribution in [0.1, 0.15) is 59.3 Å². The molecule has 5 unspecified atom stereocenters. The second-order valence-electron chi connectivity index (χ2n) is 8.71. The van der Waals surface area contributed by atoms with Gasteiger partial charge < -0.3 is 14.7 Å². The second kappa shape index (κ2) is 6.03. The number of carbonyl (C=O) groups is 1. The number of nitrogens with zero attached hydrogens (tertiary/aromatic N) is 1. The van der Waals surface area contributed by atoms with E-state index >= 15 is 0 Å². The highest BCUT2D eigenvalue weighted by atomic mass is 16.6. The molecular formula is C18H31NO3. The molecule has 0 aromatic heterocycles. The third kappa shape index (κ3) is 3.58. The molecule has 5 atom stereocenters. The van der Waals surface area contributed by atoms with Crippen molar-refractivity contribution in [1.82, 2.24) is 4.90 Å². The Morgan fingerprint density at radius 3 is 2.55 bits per heavy atom. The summed E-state index contributed by atoms with van der Waals surface area (Å²) in [5, 5.41) is 10.4. The highest BCUT2D eigenvalue weighted by Crippen LogP contribution is 2.50. The van der Waals surface area contributed by atoms with Crippen LogP contribution in [0.2, 0.25) is 0 Å². The van der Waals surface area contributed by atoms with Crippen LogP contribution in [-0.4, -0.2) is 40.9 Å². The minimum absolute atomic E-state index is 0.225. The maximum atomic E-state index is 12.3. The number of hydrogen-bond donors (Lipinski definition) is 1. The van der Waals surface area contributed by atoms with E-state index in [1.54, 1.807) is 4.90 Å². The topological polar surface area (TPSA) is 49.8 Å². The summed E-state index contributed by atoms with van der Waals surface area (Å²) in [5.74, 6) is 2.83. The van der Waals surface area contributed by atoms with Gasteiger partial charge in [0.2, 0.25) is 0 Å². The van der Waals surface area contributed by atoms with Crippen molar-refractivity contribution in [2.75, 3.05) is 13.1 Å². The van der Waals surface area contributed by atoms with Gasteiger partial charge >= 0.3 is 6.09 Å². The highest BCUT2D eigenvalue weighted by molar-refractivity contribution is 5.68. The van der Waals surface area contributed by atoms with E-state index in [4.69, 9.17) is 4.74 Å². The van der Waals surface area contributed by atoms with Crippen molar-refractivity contribution in [3.63, 3.8) is 0 Å². The fourth-order valence-corrected chi connectivity index (χ4v) is 4.80. The van der Waals surface area contributed by atoms with Crippen LogP contribution < -0.4 is 0 Å². The molecule has 22 heavy (non-hydrogen) atoms. The van der Waals surface area contributed by atoms with Crippen LogP contribution >= 0.6 is 0 Å². The van der Waals surface area contributed by atoms with E-state index in [9.17, 15) is 9.90 Å². The number of likely N-dealkylation sites (tertiary alicyclic amines) is 1. The number of piperidine rings is 1. The average molecular weight is 309 g/mol. The van der Waals surface area contributed by atoms with Crippen LogP contribution in [-0.2, 0) is 4.74 Å². The molecule has 0 aromatic carbocycles. The SMILES string of the molecule is CC(C)(C)OC(=O)N1CCC(O)C(CC2CC3CCC2C3)C1. The van der Waals surface area contributed by atoms with Crippen LogP contribution in [0, 0.1) is 23.7 Å². The van der Waals surface area contributed by atoms with E-state index in [0.717, 1.165) is 24.2 Å². The zero-order valence-corrected chi connectivity index (χ0v) is 14.3. The van der Waals surface area contributed by atoms with Gasteiger partial charge in [0.25, 0.3) is 0 Å². The first-order chi connectivity index (χ1) is 10.3. The van der Waals surface area contributed by atoms with Gasteiger partial charge in [0.1, 0.15) is 5.60 Å². The van der Waals surface area contributed by atoms with Crippen molar-refractivity contribution in [2.45, 2.75) is 71.0 Å². The molecule has 4 nitrogen and oxygen atoms in total. The van der Waals surface area contributed by atoms with Crippen molar-refractivity contribution in [3.8, 4) is 0 Å². The average Bonchev–Trinajstić information content (AvgIpc) is 3.01. The monoisotopic (exact) mass is 309 g/mol. The van der Waals surface area contributed by atoms with Crippen molar-refractivity contribution in [2.24, 2.45) is 23.7 Å². The lowest BCUT2D eigenvalue weighted by Crippen LogP contribution is -2.48. The number of rotatable bonds is 2. The lowest BCUT2D eigenvalue weighted by Gasteiger charge is -2.38. The molecule has 3 rings (SSSR count). The Hall–Kier alpha value is -0.770. The van der Waals surface area contributed by atoms with Gasteiger partial charge in [-0.05, 0) is 70.6 Å². The van der Waals surface area contributed by atoms with E-state index in [-0.39, 0.29) is 18.1 Å². The summed E-state index contributed by atoms with van der Waals surface area (Å²) < 4.78 is 5.49. The molecule has 3 fully saturated rings. The van der Waals surface area contributed by atoms with Crippen molar-refractivity contribution in [1.29, 1.82) is 0 Å². The quantitative estimate of drug-likeness (QED) is 0.850. The van der Waals surface area contributed by atoms with Gasteiger partial charge in [-0.15, -0.1) is 0 Å². The van der Waals surface area contributed by atoms with Gasteiger partial charge in [-0.2, -0.15) is 0 Å². The Labute approximate surface area is 134 Å². The molecule has 1 heterocycles. The number of hydrogen-bond acceptors (Lipinski definition) is 3. The highest BCUT2D eigenvalue weighted by Gasteiger charge is 2.42. The summed E-state index contributed by atoms with van der Waals surface area (Å²) in [5.41, 5.74) is -0.451. The number of ether oxygens (including phenoxy) is 1. The predicted molar refractivity (Wildman–Crippen MR) is 85.5 cm³/mol. The summed E-state index contributed by atoms with van der Waals surface area (Å²) in [6.45, 7) is 6.97. The fraction of sp³-hybridized carbons (Fsp3) is 0.944. The molecule has 0 spiro atoms. The molecule has 1 aliphatic heterocycles. The van der Waals surface area contributed by atoms with Crippen molar-refractivity contribution < 1.29 is 14.6 Å². The Morgan fingerprint density at radius 1 is 1.18 bits per heavy atom. The molecule has 1 saturated heterocycles. The Morgan fingerprint density at radius 2 is 1.95 bits per heavy atom. The second-order valence-corrected chi connectivity index (χ2v) is 8.71. The number of fused-ring (bicyclic) bond motifs is 2. The molecular weight excluding hydrogens is 278 g/mol. The van der Waals surface area contributed by atoms with E-state index in [1.165, 1.54) is 25.7 Å². The lowest BCUT2D eigenvalue weighted by atomic mass is 9.79. The summed E-state index contributed by atoms with van der Waals surface area (Å²) in [6.07, 6.45) is 6.85. The van der Waals surface area contributed by atoms with Crippen LogP contribution in [0.4, 0.5) is 4.79 Å². The normalized spacial score (nSPS) is 38.4. The number of carbonyl (C=O) groups excluding carboxylic acids is 1. The first-order valence-electron chi connectivity index (χ1n) is 8.98. The molecule has 0 aromatic rings. The summed E-state index contributed by atoms with van der Waals surface area (Å²) >= 11 is 0. The van der Waals surface area contributed by atoms with Crippen molar-refractivity contribution in [3.05, 3.63) is 0 Å². The molecule has 1 amide bonds. The summed E-state index contributed by atoms with van der Waals surface area (Å²) in [6, 6.07) is 0. The molecule has 2 bridgehead atoms. The smallest absolute Gasteiger partial charge is 0.410 e. The Kier molecular flexibility index (Phi) is 4.41. The molecule has 0 radical (unpaired) electrons. The number of aliphatic hydroxyl groups is 1. The first kappa shape index (κ1) is 16.1. The zero-order valence-electron chi connectivity index (χ0n) is 14.3. The minimum atomic E-state index is -0.451. The number of aliphatic hydroxyl groups excluding tert-OH is 1. The van der Waals surface area contributed by atoms with E-state index in [1.807, 2.05) is 20.8 Å². The van der Waals surface area contributed by atoms with Crippen LogP contribution in [0.3, 0.4) is 0 Å². The van der Waals surface area contributed by atoms with Gasteiger partial charge in [-0.3, -0.25) is 0 Å². The fourth-order valence-electron chi connectivity index (χ4n) is 4.80. The van der Waals surface area contributed by atoms with Gasteiger partial charge in [0, 0.05) is 19.0 Å². The molecule has 2 aliphatic carbocycles. The maximum absolute atomic E-state index is 12.3. The van der Waals surface area contributed by atoms with Gasteiger partial charge in [0.05, 0.1) is 6.10 Å². The third-order valence-corrected chi connectivity index (χ3v) is 5.84. The van der Waals surface area contributed by atoms with Gasteiger partial charge in [-0.25, -0.2) is 4.79 Å². The Balaban J connectivity index is 1.56. The molecule has 2 saturated carbocycles. The summed E-state index contributed by atoms with van der Waals surface area (Å²) in [7, 11) is 0. The predicted octanol–water partition coefficient (Wildman–Crippen LogP) is 3.43. The maximum Gasteiger partial charge on any atom is 0.410 e. The van der Waals surface area contributed by atoms with Crippen LogP contribution in [0.5, 0.6) is 0 Å². The molecule has 4 heteroatoms. The first-order valence-corrected chi connectivity index (χ1v) is 8.98. The lowest BCUT2D eigenvalue weighted by molar-refractivity contribution is -0.0150. The largest absolute Gasteiger partial charge is 0.444 e. The van der Waals surface area contributed by atoms with Crippen LogP contribution in [0.25, 0.3) is 0 Å². The van der Waals surface area contributed by atoms with E-state index in [0.29, 0.717) is 19.5 Å². The standard InChI is InChI=1S/C18H31NO3/c1-18(2,3)22-17(21)19-7-6-16(20)15(11-19)10-14-9-12-4-5-13(14)8-12/h12-16,20H,4-11H2,1-3H3. The van der Waals surface area contributed by atoms with Gasteiger partial charge in [-0.1, -0.05) is 6.42 Å². The number of amides is 1. The van der Waals surface area contributed by atoms with Crippen LogP contribution in [0.15, 0.2) is 0 Å². The third-order valence-electron chi connectivity index (χ3n) is 5.84. The van der Waals surface area contributed by atoms with E-state index < -0.39 is 5.60 Å². The molecule has 126 valence electrons. The minimum Gasteiger partial charge on any atom is -0.444 e.